The molecule has 0 heterocycles. The first-order valence-corrected chi connectivity index (χ1v) is 4.63. The molecule has 0 radical (unpaired) electrons. The predicted molar refractivity (Wildman–Crippen MR) is 41.5 cm³/mol. The molecule has 2 rings (SSSR count). The van der Waals surface area contributed by atoms with Gasteiger partial charge in [0.25, 0.3) is 5.92 Å². The summed E-state index contributed by atoms with van der Waals surface area (Å²) in [5, 5.41) is 8.79. The van der Waals surface area contributed by atoms with E-state index in [4.69, 9.17) is 5.11 Å². The van der Waals surface area contributed by atoms with Gasteiger partial charge in [-0.15, -0.1) is 0 Å². The van der Waals surface area contributed by atoms with E-state index >= 15 is 0 Å². The minimum Gasteiger partial charge on any atom is -0.481 e. The van der Waals surface area contributed by atoms with Crippen LogP contribution in [0.4, 0.5) is 8.78 Å². The number of hydrogen-bond donors (Lipinski definition) is 1. The lowest BCUT2D eigenvalue weighted by molar-refractivity contribution is -0.181. The SMILES string of the molecule is O=C(O)C1CCC(F)(F)C2CCC12. The lowest BCUT2D eigenvalue weighted by Gasteiger charge is -2.48. The zero-order valence-corrected chi connectivity index (χ0v) is 7.17. The highest BCUT2D eigenvalue weighted by Gasteiger charge is 2.56. The molecule has 0 aromatic heterocycles. The van der Waals surface area contributed by atoms with E-state index in [1.807, 2.05) is 0 Å². The minimum atomic E-state index is -2.60. The van der Waals surface area contributed by atoms with E-state index in [0.717, 1.165) is 0 Å². The second kappa shape index (κ2) is 2.66. The molecule has 0 aromatic carbocycles. The Bertz CT molecular complexity index is 240. The van der Waals surface area contributed by atoms with Crippen LogP contribution in [0.1, 0.15) is 25.7 Å². The van der Waals surface area contributed by atoms with Crippen LogP contribution in [0.5, 0.6) is 0 Å². The number of fused-ring (bicyclic) bond motifs is 1. The van der Waals surface area contributed by atoms with Gasteiger partial charge < -0.3 is 5.11 Å². The van der Waals surface area contributed by atoms with Gasteiger partial charge >= 0.3 is 5.97 Å². The molecule has 0 amide bonds. The summed E-state index contributed by atoms with van der Waals surface area (Å²) in [6.45, 7) is 0. The van der Waals surface area contributed by atoms with Gasteiger partial charge in [-0.25, -0.2) is 8.78 Å². The molecular formula is C9H12F2O2. The van der Waals surface area contributed by atoms with E-state index in [0.29, 0.717) is 12.8 Å². The summed E-state index contributed by atoms with van der Waals surface area (Å²) in [6.07, 6.45) is 1.06. The molecular weight excluding hydrogens is 178 g/mol. The standard InChI is InChI=1S/C9H12F2O2/c10-9(11)4-3-6(8(12)13)5-1-2-7(5)9/h5-7H,1-4H2,(H,12,13). The molecule has 2 aliphatic rings. The first-order chi connectivity index (χ1) is 6.02. The lowest BCUT2D eigenvalue weighted by atomic mass is 9.59. The van der Waals surface area contributed by atoms with E-state index in [2.05, 4.69) is 0 Å². The average Bonchev–Trinajstić information content (AvgIpc) is 1.90. The van der Waals surface area contributed by atoms with E-state index in [9.17, 15) is 13.6 Å². The fourth-order valence-corrected chi connectivity index (χ4v) is 2.59. The van der Waals surface area contributed by atoms with Crippen LogP contribution >= 0.6 is 0 Å². The maximum Gasteiger partial charge on any atom is 0.306 e. The largest absolute Gasteiger partial charge is 0.481 e. The Labute approximate surface area is 74.9 Å². The molecule has 2 aliphatic carbocycles. The first kappa shape index (κ1) is 8.91. The molecule has 1 N–H and O–H groups in total. The highest BCUT2D eigenvalue weighted by atomic mass is 19.3. The van der Waals surface area contributed by atoms with Crippen LogP contribution in [-0.4, -0.2) is 17.0 Å². The van der Waals surface area contributed by atoms with Gasteiger partial charge in [-0.1, -0.05) is 0 Å². The van der Waals surface area contributed by atoms with Gasteiger partial charge in [0, 0.05) is 12.3 Å². The summed E-state index contributed by atoms with van der Waals surface area (Å²) in [4.78, 5) is 10.7. The van der Waals surface area contributed by atoms with E-state index < -0.39 is 23.7 Å². The number of carbonyl (C=O) groups is 1. The highest BCUT2D eigenvalue weighted by molar-refractivity contribution is 5.70. The third-order valence-electron chi connectivity index (χ3n) is 3.49. The van der Waals surface area contributed by atoms with Crippen LogP contribution in [-0.2, 0) is 4.79 Å². The normalized spacial score (nSPS) is 41.8. The fourth-order valence-electron chi connectivity index (χ4n) is 2.59. The Kier molecular flexibility index (Phi) is 1.82. The van der Waals surface area contributed by atoms with Gasteiger partial charge in [0.15, 0.2) is 0 Å². The number of carboxylic acids is 1. The summed E-state index contributed by atoms with van der Waals surface area (Å²) in [5.41, 5.74) is 0. The van der Waals surface area contributed by atoms with E-state index in [1.54, 1.807) is 0 Å². The quantitative estimate of drug-likeness (QED) is 0.687. The molecule has 2 fully saturated rings. The van der Waals surface area contributed by atoms with Crippen molar-refractivity contribution in [3.63, 3.8) is 0 Å². The monoisotopic (exact) mass is 190 g/mol. The van der Waals surface area contributed by atoms with Crippen molar-refractivity contribution in [1.29, 1.82) is 0 Å². The van der Waals surface area contributed by atoms with Crippen molar-refractivity contribution in [3.05, 3.63) is 0 Å². The molecule has 3 atom stereocenters. The van der Waals surface area contributed by atoms with Crippen LogP contribution in [0.3, 0.4) is 0 Å². The number of aliphatic carboxylic acids is 1. The van der Waals surface area contributed by atoms with Crippen molar-refractivity contribution in [2.45, 2.75) is 31.6 Å². The van der Waals surface area contributed by atoms with Gasteiger partial charge in [0.2, 0.25) is 0 Å². The van der Waals surface area contributed by atoms with Crippen molar-refractivity contribution < 1.29 is 18.7 Å². The Morgan fingerprint density at radius 3 is 2.46 bits per heavy atom. The van der Waals surface area contributed by atoms with Gasteiger partial charge in [-0.2, -0.15) is 0 Å². The molecule has 4 heteroatoms. The molecule has 0 aromatic rings. The highest BCUT2D eigenvalue weighted by Crippen LogP contribution is 2.55. The van der Waals surface area contributed by atoms with Crippen molar-refractivity contribution in [2.75, 3.05) is 0 Å². The second-order valence-corrected chi connectivity index (χ2v) is 4.09. The van der Waals surface area contributed by atoms with E-state index in [-0.39, 0.29) is 18.8 Å². The maximum atomic E-state index is 13.1. The van der Waals surface area contributed by atoms with Crippen molar-refractivity contribution in [3.8, 4) is 0 Å². The molecule has 74 valence electrons. The number of hydrogen-bond acceptors (Lipinski definition) is 1. The van der Waals surface area contributed by atoms with Crippen LogP contribution in [0.2, 0.25) is 0 Å². The molecule has 0 spiro atoms. The smallest absolute Gasteiger partial charge is 0.306 e. The van der Waals surface area contributed by atoms with Crippen molar-refractivity contribution in [2.24, 2.45) is 17.8 Å². The Balaban J connectivity index is 2.12. The Hall–Kier alpha value is -0.670. The summed E-state index contributed by atoms with van der Waals surface area (Å²) < 4.78 is 26.3. The van der Waals surface area contributed by atoms with Crippen LogP contribution in [0.15, 0.2) is 0 Å². The minimum absolute atomic E-state index is 0.142. The second-order valence-electron chi connectivity index (χ2n) is 4.09. The fraction of sp³-hybridized carbons (Fsp3) is 0.889. The Morgan fingerprint density at radius 1 is 1.31 bits per heavy atom. The van der Waals surface area contributed by atoms with Gasteiger partial charge in [0.1, 0.15) is 0 Å². The van der Waals surface area contributed by atoms with Gasteiger partial charge in [-0.3, -0.25) is 4.79 Å². The van der Waals surface area contributed by atoms with Crippen molar-refractivity contribution in [1.82, 2.24) is 0 Å². The summed E-state index contributed by atoms with van der Waals surface area (Å²) in [6, 6.07) is 0. The number of alkyl halides is 2. The molecule has 0 aliphatic heterocycles. The van der Waals surface area contributed by atoms with Gasteiger partial charge in [0.05, 0.1) is 5.92 Å². The van der Waals surface area contributed by atoms with Gasteiger partial charge in [-0.05, 0) is 25.2 Å². The zero-order valence-electron chi connectivity index (χ0n) is 7.17. The summed E-state index contributed by atoms with van der Waals surface area (Å²) >= 11 is 0. The summed E-state index contributed by atoms with van der Waals surface area (Å²) in [7, 11) is 0. The number of rotatable bonds is 1. The van der Waals surface area contributed by atoms with Crippen LogP contribution in [0, 0.1) is 17.8 Å². The summed E-state index contributed by atoms with van der Waals surface area (Å²) in [5.74, 6) is -4.93. The zero-order chi connectivity index (χ0) is 9.64. The Morgan fingerprint density at radius 2 is 2.00 bits per heavy atom. The number of halogens is 2. The van der Waals surface area contributed by atoms with E-state index in [1.165, 1.54) is 0 Å². The average molecular weight is 190 g/mol. The number of carboxylic acid groups (broad SMARTS) is 1. The van der Waals surface area contributed by atoms with Crippen molar-refractivity contribution >= 4 is 5.97 Å². The lowest BCUT2D eigenvalue weighted by Crippen LogP contribution is -2.50. The maximum absolute atomic E-state index is 13.1. The molecule has 0 saturated heterocycles. The third kappa shape index (κ3) is 1.23. The molecule has 3 unspecified atom stereocenters. The van der Waals surface area contributed by atoms with Crippen LogP contribution < -0.4 is 0 Å². The molecule has 13 heavy (non-hydrogen) atoms. The topological polar surface area (TPSA) is 37.3 Å². The predicted octanol–water partition coefficient (Wildman–Crippen LogP) is 2.14. The molecule has 2 nitrogen and oxygen atoms in total. The molecule has 2 saturated carbocycles. The van der Waals surface area contributed by atoms with Crippen LogP contribution in [0.25, 0.3) is 0 Å². The molecule has 0 bridgehead atoms. The first-order valence-electron chi connectivity index (χ1n) is 4.63. The third-order valence-corrected chi connectivity index (χ3v) is 3.49.